The number of esters is 2. The molecule has 8 atom stereocenters. The van der Waals surface area contributed by atoms with Gasteiger partial charge in [0.05, 0.1) is 36.3 Å². The van der Waals surface area contributed by atoms with Crippen LogP contribution in [0.15, 0.2) is 0 Å². The van der Waals surface area contributed by atoms with Gasteiger partial charge in [-0.2, -0.15) is 0 Å². The molecule has 1 unspecified atom stereocenters. The number of carbonyl (C=O) groups is 2. The fourth-order valence-electron chi connectivity index (χ4n) is 4.58. The van der Waals surface area contributed by atoms with Crippen LogP contribution in [0, 0.1) is 11.8 Å². The van der Waals surface area contributed by atoms with Gasteiger partial charge in [-0.05, 0) is 52.4 Å². The second-order valence-corrected chi connectivity index (χ2v) is 8.73. The van der Waals surface area contributed by atoms with Gasteiger partial charge in [0, 0.05) is 12.8 Å². The van der Waals surface area contributed by atoms with Crippen LogP contribution in [0.25, 0.3) is 0 Å². The van der Waals surface area contributed by atoms with Crippen LogP contribution in [0.1, 0.15) is 79.1 Å². The minimum Gasteiger partial charge on any atom is -0.462 e. The molecule has 0 aromatic heterocycles. The molecule has 0 N–H and O–H groups in total. The Bertz CT molecular complexity index is 501. The summed E-state index contributed by atoms with van der Waals surface area (Å²) in [6, 6.07) is 0. The highest BCUT2D eigenvalue weighted by Crippen LogP contribution is 2.33. The number of cyclic esters (lactones) is 2. The summed E-state index contributed by atoms with van der Waals surface area (Å²) in [5.41, 5.74) is 0. The van der Waals surface area contributed by atoms with Crippen molar-refractivity contribution in [1.29, 1.82) is 0 Å². The molecule has 3 rings (SSSR count). The first-order valence-corrected chi connectivity index (χ1v) is 11.1. The SMILES string of the molecule is CC[C@H]1C[C@@H]2CC[C@@H](O2)[C@@H](C)C(=O)O[C@H](CC)C[C@H]2CC[C@H](O2)C(C)C(=O)O1. The van der Waals surface area contributed by atoms with E-state index in [2.05, 4.69) is 0 Å². The smallest absolute Gasteiger partial charge is 0.311 e. The van der Waals surface area contributed by atoms with Gasteiger partial charge in [0.2, 0.25) is 0 Å². The number of fused-ring (bicyclic) bond motifs is 4. The van der Waals surface area contributed by atoms with Gasteiger partial charge in [-0.25, -0.2) is 0 Å². The Balaban J connectivity index is 1.75. The highest BCUT2D eigenvalue weighted by molar-refractivity contribution is 5.73. The lowest BCUT2D eigenvalue weighted by Gasteiger charge is -2.27. The molecular weight excluding hydrogens is 360 g/mol. The predicted octanol–water partition coefficient (Wildman–Crippen LogP) is 3.79. The molecule has 0 radical (unpaired) electrons. The Morgan fingerprint density at radius 2 is 1.11 bits per heavy atom. The second-order valence-electron chi connectivity index (χ2n) is 8.73. The molecule has 0 spiro atoms. The lowest BCUT2D eigenvalue weighted by atomic mass is 9.99. The van der Waals surface area contributed by atoms with E-state index >= 15 is 0 Å². The molecule has 3 fully saturated rings. The molecular formula is C22H36O6. The van der Waals surface area contributed by atoms with Crippen molar-refractivity contribution in [2.75, 3.05) is 0 Å². The van der Waals surface area contributed by atoms with E-state index in [4.69, 9.17) is 18.9 Å². The van der Waals surface area contributed by atoms with Crippen LogP contribution in [0.4, 0.5) is 0 Å². The molecule has 0 aromatic carbocycles. The normalized spacial score (nSPS) is 42.9. The van der Waals surface area contributed by atoms with Crippen molar-refractivity contribution in [1.82, 2.24) is 0 Å². The molecule has 0 aliphatic carbocycles. The van der Waals surface area contributed by atoms with Crippen LogP contribution in [0.3, 0.4) is 0 Å². The van der Waals surface area contributed by atoms with Gasteiger partial charge in [-0.15, -0.1) is 0 Å². The number of hydrogen-bond donors (Lipinski definition) is 0. The zero-order valence-electron chi connectivity index (χ0n) is 17.7. The molecule has 3 saturated heterocycles. The maximum atomic E-state index is 12.7. The molecule has 6 heteroatoms. The van der Waals surface area contributed by atoms with E-state index in [1.165, 1.54) is 0 Å². The molecule has 3 aliphatic rings. The molecule has 28 heavy (non-hydrogen) atoms. The summed E-state index contributed by atoms with van der Waals surface area (Å²) in [7, 11) is 0. The van der Waals surface area contributed by atoms with Gasteiger partial charge in [-0.3, -0.25) is 9.59 Å². The zero-order valence-corrected chi connectivity index (χ0v) is 17.7. The van der Waals surface area contributed by atoms with E-state index in [-0.39, 0.29) is 60.4 Å². The Kier molecular flexibility index (Phi) is 7.37. The van der Waals surface area contributed by atoms with Crippen molar-refractivity contribution in [3.8, 4) is 0 Å². The fraction of sp³-hybridized carbons (Fsp3) is 0.909. The Morgan fingerprint density at radius 3 is 1.46 bits per heavy atom. The highest BCUT2D eigenvalue weighted by Gasteiger charge is 2.39. The van der Waals surface area contributed by atoms with Crippen molar-refractivity contribution in [2.45, 2.75) is 116 Å². The average molecular weight is 397 g/mol. The number of carbonyl (C=O) groups excluding carboxylic acids is 2. The Morgan fingerprint density at radius 1 is 0.714 bits per heavy atom. The summed E-state index contributed by atoms with van der Waals surface area (Å²) < 4.78 is 23.9. The first-order valence-electron chi connectivity index (χ1n) is 11.1. The van der Waals surface area contributed by atoms with E-state index in [0.29, 0.717) is 12.8 Å². The number of hydrogen-bond acceptors (Lipinski definition) is 6. The molecule has 0 amide bonds. The first-order chi connectivity index (χ1) is 13.4. The lowest BCUT2D eigenvalue weighted by molar-refractivity contribution is -0.164. The van der Waals surface area contributed by atoms with Crippen LogP contribution in [0.2, 0.25) is 0 Å². The highest BCUT2D eigenvalue weighted by atomic mass is 16.6. The summed E-state index contributed by atoms with van der Waals surface area (Å²) in [6.07, 6.45) is 5.81. The van der Waals surface area contributed by atoms with Crippen LogP contribution >= 0.6 is 0 Å². The van der Waals surface area contributed by atoms with E-state index in [1.54, 1.807) is 0 Å². The third-order valence-electron chi connectivity index (χ3n) is 6.67. The molecule has 3 heterocycles. The van der Waals surface area contributed by atoms with Gasteiger partial charge in [0.25, 0.3) is 0 Å². The van der Waals surface area contributed by atoms with Crippen molar-refractivity contribution < 1.29 is 28.5 Å². The summed E-state index contributed by atoms with van der Waals surface area (Å²) >= 11 is 0. The Hall–Kier alpha value is -1.14. The standard InChI is InChI=1S/C22H36O6/c1-5-15-11-17-7-9-20(25-17)14(4)22(24)28-16(6-2)12-18-8-10-19(26-18)13(3)21(23)27-15/h13-20H,5-12H2,1-4H3/t13-,14?,15-,16+,17-,18+,19-,20+/m1/s1. The van der Waals surface area contributed by atoms with Gasteiger partial charge in [0.15, 0.2) is 0 Å². The summed E-state index contributed by atoms with van der Waals surface area (Å²) in [6.45, 7) is 7.85. The molecule has 3 aliphatic heterocycles. The largest absolute Gasteiger partial charge is 0.462 e. The van der Waals surface area contributed by atoms with Crippen molar-refractivity contribution in [3.05, 3.63) is 0 Å². The molecule has 0 aromatic rings. The van der Waals surface area contributed by atoms with E-state index in [0.717, 1.165) is 38.5 Å². The quantitative estimate of drug-likeness (QED) is 0.662. The Labute approximate surface area is 168 Å². The van der Waals surface area contributed by atoms with Gasteiger partial charge < -0.3 is 18.9 Å². The van der Waals surface area contributed by atoms with Gasteiger partial charge >= 0.3 is 11.9 Å². The topological polar surface area (TPSA) is 71.1 Å². The molecule has 0 saturated carbocycles. The minimum atomic E-state index is -0.285. The third kappa shape index (κ3) is 5.07. The van der Waals surface area contributed by atoms with E-state index in [9.17, 15) is 9.59 Å². The number of rotatable bonds is 2. The predicted molar refractivity (Wildman–Crippen MR) is 104 cm³/mol. The van der Waals surface area contributed by atoms with E-state index < -0.39 is 0 Å². The maximum Gasteiger partial charge on any atom is 0.311 e. The molecule has 4 bridgehead atoms. The van der Waals surface area contributed by atoms with Crippen molar-refractivity contribution >= 4 is 11.9 Å². The van der Waals surface area contributed by atoms with Crippen LogP contribution in [-0.2, 0) is 28.5 Å². The fourth-order valence-corrected chi connectivity index (χ4v) is 4.58. The molecule has 6 nitrogen and oxygen atoms in total. The van der Waals surface area contributed by atoms with Crippen LogP contribution in [0.5, 0.6) is 0 Å². The maximum absolute atomic E-state index is 12.7. The average Bonchev–Trinajstić information content (AvgIpc) is 3.34. The molecule has 160 valence electrons. The monoisotopic (exact) mass is 396 g/mol. The minimum absolute atomic E-state index is 0.0234. The summed E-state index contributed by atoms with van der Waals surface area (Å²) in [5.74, 6) is -0.921. The second kappa shape index (κ2) is 9.57. The van der Waals surface area contributed by atoms with Crippen LogP contribution in [-0.4, -0.2) is 48.6 Å². The summed E-state index contributed by atoms with van der Waals surface area (Å²) in [5, 5.41) is 0. The summed E-state index contributed by atoms with van der Waals surface area (Å²) in [4.78, 5) is 25.3. The van der Waals surface area contributed by atoms with Crippen molar-refractivity contribution in [3.63, 3.8) is 0 Å². The number of ether oxygens (including phenoxy) is 4. The first kappa shape index (κ1) is 21.6. The van der Waals surface area contributed by atoms with Crippen LogP contribution < -0.4 is 0 Å². The van der Waals surface area contributed by atoms with Gasteiger partial charge in [0.1, 0.15) is 12.2 Å². The zero-order chi connectivity index (χ0) is 20.3. The lowest BCUT2D eigenvalue weighted by Crippen LogP contribution is -2.35. The van der Waals surface area contributed by atoms with Gasteiger partial charge in [-0.1, -0.05) is 13.8 Å². The van der Waals surface area contributed by atoms with Crippen molar-refractivity contribution in [2.24, 2.45) is 11.8 Å². The third-order valence-corrected chi connectivity index (χ3v) is 6.67. The van der Waals surface area contributed by atoms with E-state index in [1.807, 2.05) is 27.7 Å².